The van der Waals surface area contributed by atoms with Crippen LogP contribution in [0.5, 0.6) is 0 Å². The fourth-order valence-corrected chi connectivity index (χ4v) is 4.92. The highest BCUT2D eigenvalue weighted by atomic mass is 32.1. The Balaban J connectivity index is 1.56. The van der Waals surface area contributed by atoms with Gasteiger partial charge < -0.3 is 19.9 Å². The number of aryl methyl sites for hydroxylation is 1. The lowest BCUT2D eigenvalue weighted by Crippen LogP contribution is -2.54. The Morgan fingerprint density at radius 1 is 1.25 bits per heavy atom. The topological polar surface area (TPSA) is 53.2 Å². The normalized spacial score (nSPS) is 19.7. The number of hydrogen-bond donors (Lipinski definition) is 2. The first kappa shape index (κ1) is 20.8. The number of allylic oxidation sites excluding steroid dienone is 3. The number of nitrogens with one attached hydrogen (secondary N) is 2. The van der Waals surface area contributed by atoms with Crippen molar-refractivity contribution in [3.63, 3.8) is 0 Å². The molecule has 0 amide bonds. The molecule has 0 spiro atoms. The van der Waals surface area contributed by atoms with Crippen LogP contribution in [0, 0.1) is 6.92 Å². The van der Waals surface area contributed by atoms with E-state index < -0.39 is 18.8 Å². The average molecular weight is 459 g/mol. The summed E-state index contributed by atoms with van der Waals surface area (Å²) in [4.78, 5) is 11.4. The fraction of sp³-hybridized carbons (Fsp3) is 0.261. The third kappa shape index (κ3) is 3.82. The Labute approximate surface area is 186 Å². The van der Waals surface area contributed by atoms with E-state index in [1.807, 2.05) is 18.2 Å². The van der Waals surface area contributed by atoms with Gasteiger partial charge in [-0.25, -0.2) is 4.98 Å². The molecule has 2 aliphatic heterocycles. The summed E-state index contributed by atoms with van der Waals surface area (Å²) >= 11 is 1.68. The third-order valence-electron chi connectivity index (χ3n) is 5.58. The number of aromatic amines is 1. The SMILES string of the molecule is C=C1C=C(c2ccnc3[nH]c(-c4ccc(C)s4)cc23)C=C(N2CCOCC2C(F)(F)F)N1. The fourth-order valence-electron chi connectivity index (χ4n) is 4.08. The van der Waals surface area contributed by atoms with Crippen molar-refractivity contribution in [2.45, 2.75) is 19.1 Å². The van der Waals surface area contributed by atoms with Crippen LogP contribution in [-0.2, 0) is 4.74 Å². The van der Waals surface area contributed by atoms with E-state index in [2.05, 4.69) is 40.9 Å². The van der Waals surface area contributed by atoms with Crippen molar-refractivity contribution in [3.8, 4) is 10.6 Å². The molecule has 1 fully saturated rings. The molecule has 0 bridgehead atoms. The number of halogens is 3. The zero-order chi connectivity index (χ0) is 22.5. The molecule has 0 aliphatic carbocycles. The van der Waals surface area contributed by atoms with E-state index in [4.69, 9.17) is 4.74 Å². The quantitative estimate of drug-likeness (QED) is 0.566. The Hall–Kier alpha value is -3.04. The minimum absolute atomic E-state index is 0.140. The minimum atomic E-state index is -4.40. The highest BCUT2D eigenvalue weighted by Crippen LogP contribution is 2.35. The summed E-state index contributed by atoms with van der Waals surface area (Å²) in [5.74, 6) is 0.368. The molecule has 9 heteroatoms. The Morgan fingerprint density at radius 3 is 2.84 bits per heavy atom. The molecule has 1 saturated heterocycles. The number of rotatable bonds is 3. The predicted octanol–water partition coefficient (Wildman–Crippen LogP) is 5.20. The first-order valence-corrected chi connectivity index (χ1v) is 11.0. The van der Waals surface area contributed by atoms with Gasteiger partial charge in [0.05, 0.1) is 23.8 Å². The molecule has 166 valence electrons. The first-order valence-electron chi connectivity index (χ1n) is 10.1. The van der Waals surface area contributed by atoms with E-state index in [0.29, 0.717) is 11.5 Å². The van der Waals surface area contributed by atoms with Gasteiger partial charge >= 0.3 is 6.18 Å². The van der Waals surface area contributed by atoms with E-state index in [-0.39, 0.29) is 13.2 Å². The van der Waals surface area contributed by atoms with Crippen LogP contribution in [0.15, 0.2) is 60.7 Å². The van der Waals surface area contributed by atoms with Gasteiger partial charge in [-0.3, -0.25) is 0 Å². The van der Waals surface area contributed by atoms with E-state index >= 15 is 0 Å². The number of ether oxygens (including phenoxy) is 1. The van der Waals surface area contributed by atoms with Crippen LogP contribution < -0.4 is 5.32 Å². The van der Waals surface area contributed by atoms with Gasteiger partial charge in [-0.1, -0.05) is 6.58 Å². The Kier molecular flexibility index (Phi) is 5.10. The van der Waals surface area contributed by atoms with Gasteiger partial charge in [-0.15, -0.1) is 11.3 Å². The second-order valence-corrected chi connectivity index (χ2v) is 9.11. The summed E-state index contributed by atoms with van der Waals surface area (Å²) in [6, 6.07) is 6.33. The number of nitrogens with zero attached hydrogens (tertiary/aromatic N) is 2. The lowest BCUT2D eigenvalue weighted by molar-refractivity contribution is -0.206. The van der Waals surface area contributed by atoms with Gasteiger partial charge in [-0.05, 0) is 54.5 Å². The van der Waals surface area contributed by atoms with Crippen molar-refractivity contribution in [2.24, 2.45) is 0 Å². The summed E-state index contributed by atoms with van der Waals surface area (Å²) in [6.45, 7) is 6.00. The monoisotopic (exact) mass is 458 g/mol. The zero-order valence-corrected chi connectivity index (χ0v) is 18.1. The molecular formula is C23H21F3N4OS. The minimum Gasteiger partial charge on any atom is -0.377 e. The molecule has 1 atom stereocenters. The number of thiophene rings is 1. The van der Waals surface area contributed by atoms with Crippen LogP contribution >= 0.6 is 11.3 Å². The molecule has 1 unspecified atom stereocenters. The van der Waals surface area contributed by atoms with Gasteiger partial charge in [0, 0.05) is 28.7 Å². The van der Waals surface area contributed by atoms with Crippen molar-refractivity contribution >= 4 is 27.9 Å². The summed E-state index contributed by atoms with van der Waals surface area (Å²) in [5, 5.41) is 3.91. The third-order valence-corrected chi connectivity index (χ3v) is 6.61. The van der Waals surface area contributed by atoms with Crippen LogP contribution in [0.25, 0.3) is 27.2 Å². The van der Waals surface area contributed by atoms with Crippen LogP contribution in [0.2, 0.25) is 0 Å². The van der Waals surface area contributed by atoms with Crippen molar-refractivity contribution in [1.29, 1.82) is 0 Å². The second-order valence-electron chi connectivity index (χ2n) is 7.82. The second kappa shape index (κ2) is 7.83. The number of morpholine rings is 1. The van der Waals surface area contributed by atoms with Gasteiger partial charge in [0.15, 0.2) is 0 Å². The maximum atomic E-state index is 13.6. The molecule has 0 saturated carbocycles. The van der Waals surface area contributed by atoms with Gasteiger partial charge in [-0.2, -0.15) is 13.2 Å². The smallest absolute Gasteiger partial charge is 0.377 e. The molecule has 5 rings (SSSR count). The Morgan fingerprint density at radius 2 is 2.09 bits per heavy atom. The molecule has 5 nitrogen and oxygen atoms in total. The largest absolute Gasteiger partial charge is 0.411 e. The highest BCUT2D eigenvalue weighted by Gasteiger charge is 2.46. The summed E-state index contributed by atoms with van der Waals surface area (Å²) in [6.07, 6.45) is 0.882. The summed E-state index contributed by atoms with van der Waals surface area (Å²) in [5.41, 5.74) is 3.86. The van der Waals surface area contributed by atoms with Crippen LogP contribution in [0.4, 0.5) is 13.2 Å². The lowest BCUT2D eigenvalue weighted by atomic mass is 10.00. The molecule has 0 aromatic carbocycles. The van der Waals surface area contributed by atoms with E-state index in [1.165, 1.54) is 9.78 Å². The number of dihydropyridines is 1. The van der Waals surface area contributed by atoms with Crippen molar-refractivity contribution in [3.05, 3.63) is 71.2 Å². The number of alkyl halides is 3. The van der Waals surface area contributed by atoms with Crippen molar-refractivity contribution in [1.82, 2.24) is 20.2 Å². The molecule has 2 aliphatic rings. The van der Waals surface area contributed by atoms with Crippen LogP contribution in [0.1, 0.15) is 10.4 Å². The number of pyridine rings is 1. The van der Waals surface area contributed by atoms with Crippen molar-refractivity contribution in [2.75, 3.05) is 19.8 Å². The standard InChI is InChI=1S/C23H21F3N4OS/c1-13-9-15(10-21(28-13)30-7-8-31-12-20(30)23(24,25)26)16-5-6-27-22-17(16)11-18(29-22)19-4-3-14(2)32-19/h3-6,9-11,20,28H,1,7-8,12H2,2H3,(H,27,29). The number of fused-ring (bicyclic) bond motifs is 1. The van der Waals surface area contributed by atoms with Gasteiger partial charge in [0.1, 0.15) is 17.5 Å². The van der Waals surface area contributed by atoms with Gasteiger partial charge in [0.25, 0.3) is 0 Å². The number of H-pyrrole nitrogens is 1. The molecule has 32 heavy (non-hydrogen) atoms. The highest BCUT2D eigenvalue weighted by molar-refractivity contribution is 7.15. The molecule has 2 N–H and O–H groups in total. The van der Waals surface area contributed by atoms with Crippen LogP contribution in [-0.4, -0.2) is 46.8 Å². The van der Waals surface area contributed by atoms with E-state index in [9.17, 15) is 13.2 Å². The number of aromatic nitrogens is 2. The van der Waals surface area contributed by atoms with Gasteiger partial charge in [0.2, 0.25) is 0 Å². The van der Waals surface area contributed by atoms with Crippen LogP contribution in [0.3, 0.4) is 0 Å². The zero-order valence-electron chi connectivity index (χ0n) is 17.3. The molecular weight excluding hydrogens is 437 g/mol. The van der Waals surface area contributed by atoms with E-state index in [0.717, 1.165) is 32.7 Å². The van der Waals surface area contributed by atoms with E-state index in [1.54, 1.807) is 23.6 Å². The molecule has 3 aromatic heterocycles. The maximum Gasteiger partial charge on any atom is 0.411 e. The van der Waals surface area contributed by atoms with Crippen molar-refractivity contribution < 1.29 is 17.9 Å². The average Bonchev–Trinajstić information content (AvgIpc) is 3.38. The predicted molar refractivity (Wildman–Crippen MR) is 120 cm³/mol. The maximum absolute atomic E-state index is 13.6. The lowest BCUT2D eigenvalue weighted by Gasteiger charge is -2.40. The molecule has 0 radical (unpaired) electrons. The first-order chi connectivity index (χ1) is 15.3. The molecule has 5 heterocycles. The summed E-state index contributed by atoms with van der Waals surface area (Å²) < 4.78 is 45.9. The Bertz CT molecular complexity index is 1250. The molecule has 3 aromatic rings. The number of hydrogen-bond acceptors (Lipinski definition) is 5. The summed E-state index contributed by atoms with van der Waals surface area (Å²) in [7, 11) is 0.